The van der Waals surface area contributed by atoms with Crippen LogP contribution in [0.4, 0.5) is 5.82 Å². The van der Waals surface area contributed by atoms with E-state index < -0.39 is 0 Å². The quantitative estimate of drug-likeness (QED) is 0.910. The molecule has 1 fully saturated rings. The molecule has 0 aliphatic heterocycles. The highest BCUT2D eigenvalue weighted by Gasteiger charge is 2.20. The van der Waals surface area contributed by atoms with Gasteiger partial charge in [-0.1, -0.05) is 18.2 Å². The van der Waals surface area contributed by atoms with Gasteiger partial charge in [0.1, 0.15) is 11.6 Å². The molecular formula is C17H21N3O. The first-order valence-corrected chi connectivity index (χ1v) is 7.51. The average Bonchev–Trinajstić information content (AvgIpc) is 2.45. The maximum absolute atomic E-state index is 6.05. The summed E-state index contributed by atoms with van der Waals surface area (Å²) in [6, 6.07) is 8.21. The first-order chi connectivity index (χ1) is 10.2. The fourth-order valence-electron chi connectivity index (χ4n) is 2.32. The number of aromatic nitrogens is 2. The maximum Gasteiger partial charge on any atom is 0.148 e. The summed E-state index contributed by atoms with van der Waals surface area (Å²) in [5.41, 5.74) is 2.99. The number of benzene rings is 1. The van der Waals surface area contributed by atoms with Crippen LogP contribution in [0, 0.1) is 13.8 Å². The summed E-state index contributed by atoms with van der Waals surface area (Å²) in [6.45, 7) is 4.61. The first-order valence-electron chi connectivity index (χ1n) is 7.51. The van der Waals surface area contributed by atoms with E-state index in [1.54, 1.807) is 6.20 Å². The third-order valence-corrected chi connectivity index (χ3v) is 3.84. The molecular weight excluding hydrogens is 262 g/mol. The van der Waals surface area contributed by atoms with Crippen LogP contribution in [-0.2, 0) is 6.54 Å². The second-order valence-electron chi connectivity index (χ2n) is 5.58. The van der Waals surface area contributed by atoms with Gasteiger partial charge in [-0.25, -0.2) is 4.98 Å². The number of ether oxygens (including phenoxy) is 1. The molecule has 0 atom stereocenters. The van der Waals surface area contributed by atoms with E-state index >= 15 is 0 Å². The van der Waals surface area contributed by atoms with Crippen LogP contribution >= 0.6 is 0 Å². The van der Waals surface area contributed by atoms with Crippen LogP contribution in [0.15, 0.2) is 30.5 Å². The van der Waals surface area contributed by atoms with E-state index in [9.17, 15) is 0 Å². The number of rotatable bonds is 5. The highest BCUT2D eigenvalue weighted by atomic mass is 16.5. The van der Waals surface area contributed by atoms with Crippen molar-refractivity contribution in [1.29, 1.82) is 0 Å². The Morgan fingerprint density at radius 3 is 2.81 bits per heavy atom. The molecule has 110 valence electrons. The number of nitrogens with zero attached hydrogens (tertiary/aromatic N) is 2. The van der Waals surface area contributed by atoms with Gasteiger partial charge in [0.05, 0.1) is 17.5 Å². The van der Waals surface area contributed by atoms with Crippen LogP contribution in [0.25, 0.3) is 0 Å². The highest BCUT2D eigenvalue weighted by Crippen LogP contribution is 2.28. The molecule has 2 aromatic rings. The summed E-state index contributed by atoms with van der Waals surface area (Å²) in [5, 5.41) is 3.37. The SMILES string of the molecule is Cc1cnc(C)c(NCc2ccccc2OC2CCC2)n1. The number of hydrogen-bond donors (Lipinski definition) is 1. The van der Waals surface area contributed by atoms with E-state index in [1.165, 1.54) is 19.3 Å². The van der Waals surface area contributed by atoms with Gasteiger partial charge in [-0.05, 0) is 39.2 Å². The summed E-state index contributed by atoms with van der Waals surface area (Å²) in [6.07, 6.45) is 5.80. The smallest absolute Gasteiger partial charge is 0.148 e. The molecule has 0 saturated heterocycles. The molecule has 1 heterocycles. The van der Waals surface area contributed by atoms with Gasteiger partial charge < -0.3 is 10.1 Å². The van der Waals surface area contributed by atoms with Gasteiger partial charge in [-0.15, -0.1) is 0 Å². The highest BCUT2D eigenvalue weighted by molar-refractivity contribution is 5.43. The van der Waals surface area contributed by atoms with Crippen molar-refractivity contribution in [3.05, 3.63) is 47.4 Å². The molecule has 3 rings (SSSR count). The molecule has 1 saturated carbocycles. The number of hydrogen-bond acceptors (Lipinski definition) is 4. The Kier molecular flexibility index (Phi) is 4.04. The molecule has 0 unspecified atom stereocenters. The van der Waals surface area contributed by atoms with Gasteiger partial charge >= 0.3 is 0 Å². The zero-order chi connectivity index (χ0) is 14.7. The summed E-state index contributed by atoms with van der Waals surface area (Å²) >= 11 is 0. The molecule has 0 amide bonds. The Morgan fingerprint density at radius 1 is 1.24 bits per heavy atom. The van der Waals surface area contributed by atoms with Gasteiger partial charge in [-0.2, -0.15) is 0 Å². The van der Waals surface area contributed by atoms with Crippen LogP contribution in [-0.4, -0.2) is 16.1 Å². The summed E-state index contributed by atoms with van der Waals surface area (Å²) in [4.78, 5) is 8.82. The lowest BCUT2D eigenvalue weighted by molar-refractivity contribution is 0.119. The van der Waals surface area contributed by atoms with Gasteiger partial charge in [0.25, 0.3) is 0 Å². The fourth-order valence-corrected chi connectivity index (χ4v) is 2.32. The van der Waals surface area contributed by atoms with Crippen LogP contribution < -0.4 is 10.1 Å². The first kappa shape index (κ1) is 13.9. The van der Waals surface area contributed by atoms with Gasteiger partial charge in [0.15, 0.2) is 0 Å². The lowest BCUT2D eigenvalue weighted by Crippen LogP contribution is -2.25. The standard InChI is InChI=1S/C17H21N3O/c1-12-10-18-13(2)17(20-12)19-11-14-6-3-4-9-16(14)21-15-7-5-8-15/h3-4,6,9-10,15H,5,7-8,11H2,1-2H3,(H,19,20). The summed E-state index contributed by atoms with van der Waals surface area (Å²) in [7, 11) is 0. The van der Waals surface area contributed by atoms with Crippen molar-refractivity contribution in [2.45, 2.75) is 45.8 Å². The Labute approximate surface area is 125 Å². The van der Waals surface area contributed by atoms with E-state index in [2.05, 4.69) is 21.4 Å². The van der Waals surface area contributed by atoms with Crippen LogP contribution in [0.3, 0.4) is 0 Å². The van der Waals surface area contributed by atoms with E-state index in [0.29, 0.717) is 12.6 Å². The minimum atomic E-state index is 0.395. The monoisotopic (exact) mass is 283 g/mol. The van der Waals surface area contributed by atoms with Crippen molar-refractivity contribution < 1.29 is 4.74 Å². The molecule has 0 bridgehead atoms. The minimum Gasteiger partial charge on any atom is -0.490 e. The van der Waals surface area contributed by atoms with Crippen molar-refractivity contribution in [2.24, 2.45) is 0 Å². The lowest BCUT2D eigenvalue weighted by Gasteiger charge is -2.27. The minimum absolute atomic E-state index is 0.395. The summed E-state index contributed by atoms with van der Waals surface area (Å²) < 4.78 is 6.05. The van der Waals surface area contributed by atoms with E-state index in [4.69, 9.17) is 4.74 Å². The average molecular weight is 283 g/mol. The lowest BCUT2D eigenvalue weighted by atomic mass is 9.96. The topological polar surface area (TPSA) is 47.0 Å². The number of anilines is 1. The second-order valence-corrected chi connectivity index (χ2v) is 5.58. The zero-order valence-electron chi connectivity index (χ0n) is 12.6. The Hall–Kier alpha value is -2.10. The predicted octanol–water partition coefficient (Wildman–Crippen LogP) is 3.64. The molecule has 1 aliphatic rings. The van der Waals surface area contributed by atoms with Crippen molar-refractivity contribution >= 4 is 5.82 Å². The van der Waals surface area contributed by atoms with Crippen molar-refractivity contribution in [3.8, 4) is 5.75 Å². The molecule has 1 aromatic heterocycles. The van der Waals surface area contributed by atoms with Gasteiger partial charge in [0, 0.05) is 18.3 Å². The van der Waals surface area contributed by atoms with Crippen molar-refractivity contribution in [2.75, 3.05) is 5.32 Å². The normalized spacial score (nSPS) is 14.6. The number of para-hydroxylation sites is 1. The molecule has 21 heavy (non-hydrogen) atoms. The third kappa shape index (κ3) is 3.32. The zero-order valence-corrected chi connectivity index (χ0v) is 12.6. The number of nitrogens with one attached hydrogen (secondary N) is 1. The molecule has 1 aliphatic carbocycles. The number of aryl methyl sites for hydroxylation is 2. The van der Waals surface area contributed by atoms with E-state index in [-0.39, 0.29) is 0 Å². The van der Waals surface area contributed by atoms with Crippen LogP contribution in [0.2, 0.25) is 0 Å². The molecule has 4 heteroatoms. The predicted molar refractivity (Wildman–Crippen MR) is 83.5 cm³/mol. The Morgan fingerprint density at radius 2 is 2.05 bits per heavy atom. The molecule has 1 N–H and O–H groups in total. The van der Waals surface area contributed by atoms with Crippen molar-refractivity contribution in [3.63, 3.8) is 0 Å². The van der Waals surface area contributed by atoms with Crippen molar-refractivity contribution in [1.82, 2.24) is 9.97 Å². The summed E-state index contributed by atoms with van der Waals surface area (Å²) in [5.74, 6) is 1.82. The van der Waals surface area contributed by atoms with Crippen LogP contribution in [0.5, 0.6) is 5.75 Å². The molecule has 1 aromatic carbocycles. The Balaban J connectivity index is 1.70. The third-order valence-electron chi connectivity index (χ3n) is 3.84. The maximum atomic E-state index is 6.05. The largest absolute Gasteiger partial charge is 0.490 e. The fraction of sp³-hybridized carbons (Fsp3) is 0.412. The molecule has 0 spiro atoms. The Bertz CT molecular complexity index is 623. The molecule has 0 radical (unpaired) electrons. The van der Waals surface area contributed by atoms with E-state index in [0.717, 1.165) is 28.5 Å². The van der Waals surface area contributed by atoms with E-state index in [1.807, 2.05) is 32.0 Å². The van der Waals surface area contributed by atoms with Crippen LogP contribution in [0.1, 0.15) is 36.2 Å². The van der Waals surface area contributed by atoms with Gasteiger partial charge in [0.2, 0.25) is 0 Å². The molecule has 4 nitrogen and oxygen atoms in total. The second kappa shape index (κ2) is 6.12. The van der Waals surface area contributed by atoms with Gasteiger partial charge in [-0.3, -0.25) is 4.98 Å².